The molecule has 1 aromatic heterocycles. The number of nitro benzene ring substituents is 1. The normalized spacial score (nSPS) is 19.4. The number of para-hydroxylation sites is 2. The van der Waals surface area contributed by atoms with Gasteiger partial charge >= 0.3 is 0 Å². The van der Waals surface area contributed by atoms with Crippen LogP contribution in [0.1, 0.15) is 36.2 Å². The molecule has 1 fully saturated rings. The summed E-state index contributed by atoms with van der Waals surface area (Å²) in [7, 11) is 0. The monoisotopic (exact) mass is 379 g/mol. The van der Waals surface area contributed by atoms with E-state index in [0.717, 1.165) is 25.7 Å². The molecule has 1 heterocycles. The van der Waals surface area contributed by atoms with Crippen LogP contribution in [-0.2, 0) is 0 Å². The zero-order valence-electron chi connectivity index (χ0n) is 14.2. The van der Waals surface area contributed by atoms with Gasteiger partial charge in [0.25, 0.3) is 11.6 Å². The number of nitrogens with zero attached hydrogens (tertiary/aromatic N) is 3. The summed E-state index contributed by atoms with van der Waals surface area (Å²) in [5.74, 6) is 0.0117. The van der Waals surface area contributed by atoms with Crippen LogP contribution in [0.15, 0.2) is 36.5 Å². The molecule has 0 spiro atoms. The van der Waals surface area contributed by atoms with E-state index in [9.17, 15) is 14.9 Å². The molecule has 0 aliphatic heterocycles. The Hall–Kier alpha value is -2.45. The molecule has 3 rings (SSSR count). The van der Waals surface area contributed by atoms with E-state index in [-0.39, 0.29) is 41.7 Å². The lowest BCUT2D eigenvalue weighted by Gasteiger charge is -2.31. The molecular formula is C17H22ClN5O3. The summed E-state index contributed by atoms with van der Waals surface area (Å²) in [6.07, 6.45) is 5.70. The molecule has 140 valence electrons. The number of nitrogens with two attached hydrogens (primary N) is 1. The fraction of sp³-hybridized carbons (Fsp3) is 0.412. The van der Waals surface area contributed by atoms with Crippen LogP contribution in [-0.4, -0.2) is 33.2 Å². The highest BCUT2D eigenvalue weighted by molar-refractivity contribution is 5.92. The smallest absolute Gasteiger partial charge is 0.294 e. The van der Waals surface area contributed by atoms with E-state index in [4.69, 9.17) is 5.73 Å². The Morgan fingerprint density at radius 3 is 2.77 bits per heavy atom. The van der Waals surface area contributed by atoms with Crippen molar-refractivity contribution in [2.75, 3.05) is 6.54 Å². The number of hydrogen-bond donors (Lipinski definition) is 2. The summed E-state index contributed by atoms with van der Waals surface area (Å²) in [4.78, 5) is 23.1. The fourth-order valence-electron chi connectivity index (χ4n) is 3.31. The zero-order valence-corrected chi connectivity index (χ0v) is 15.0. The summed E-state index contributed by atoms with van der Waals surface area (Å²) < 4.78 is 1.36. The maximum absolute atomic E-state index is 12.5. The van der Waals surface area contributed by atoms with Gasteiger partial charge < -0.3 is 11.1 Å². The molecule has 1 aliphatic rings. The van der Waals surface area contributed by atoms with Gasteiger partial charge in [0.15, 0.2) is 5.69 Å². The Balaban J connectivity index is 0.00000243. The lowest BCUT2D eigenvalue weighted by Crippen LogP contribution is -2.44. The summed E-state index contributed by atoms with van der Waals surface area (Å²) in [6.45, 7) is 0.551. The summed E-state index contributed by atoms with van der Waals surface area (Å²) in [5, 5.41) is 18.4. The maximum Gasteiger partial charge on any atom is 0.294 e. The SMILES string of the molecule is Cl.NCC1CCCCC1NC(=O)c1ccn(-c2ccccc2[N+](=O)[O-])n1. The molecule has 26 heavy (non-hydrogen) atoms. The lowest BCUT2D eigenvalue weighted by atomic mass is 9.84. The molecule has 0 saturated heterocycles. The van der Waals surface area contributed by atoms with Crippen molar-refractivity contribution in [1.82, 2.24) is 15.1 Å². The first kappa shape index (κ1) is 19.9. The van der Waals surface area contributed by atoms with Crippen LogP contribution in [0.5, 0.6) is 0 Å². The largest absolute Gasteiger partial charge is 0.348 e. The third kappa shape index (κ3) is 4.20. The van der Waals surface area contributed by atoms with Crippen molar-refractivity contribution in [3.8, 4) is 5.69 Å². The molecule has 0 bridgehead atoms. The van der Waals surface area contributed by atoms with Crippen LogP contribution in [0.2, 0.25) is 0 Å². The third-order valence-corrected chi connectivity index (χ3v) is 4.68. The summed E-state index contributed by atoms with van der Waals surface area (Å²) >= 11 is 0. The van der Waals surface area contributed by atoms with Gasteiger partial charge in [0.2, 0.25) is 0 Å². The van der Waals surface area contributed by atoms with Gasteiger partial charge in [0.1, 0.15) is 5.69 Å². The molecular weight excluding hydrogens is 358 g/mol. The Labute approximate surface area is 157 Å². The highest BCUT2D eigenvalue weighted by atomic mass is 35.5. The number of aromatic nitrogens is 2. The van der Waals surface area contributed by atoms with Crippen molar-refractivity contribution in [3.05, 3.63) is 52.3 Å². The summed E-state index contributed by atoms with van der Waals surface area (Å²) in [6, 6.07) is 7.91. The number of hydrogen-bond acceptors (Lipinski definition) is 5. The number of halogens is 1. The minimum Gasteiger partial charge on any atom is -0.348 e. The van der Waals surface area contributed by atoms with E-state index in [0.29, 0.717) is 12.2 Å². The Morgan fingerprint density at radius 2 is 2.04 bits per heavy atom. The molecule has 2 unspecified atom stereocenters. The maximum atomic E-state index is 12.5. The molecule has 3 N–H and O–H groups in total. The predicted octanol–water partition coefficient (Wildman–Crippen LogP) is 2.45. The van der Waals surface area contributed by atoms with Gasteiger partial charge in [-0.1, -0.05) is 25.0 Å². The van der Waals surface area contributed by atoms with E-state index in [2.05, 4.69) is 10.4 Å². The second-order valence-electron chi connectivity index (χ2n) is 6.25. The number of carbonyl (C=O) groups excluding carboxylic acids is 1. The highest BCUT2D eigenvalue weighted by Gasteiger charge is 2.26. The second kappa shape index (κ2) is 8.77. The van der Waals surface area contributed by atoms with E-state index >= 15 is 0 Å². The van der Waals surface area contributed by atoms with Crippen molar-refractivity contribution >= 4 is 24.0 Å². The Morgan fingerprint density at radius 1 is 1.31 bits per heavy atom. The van der Waals surface area contributed by atoms with Crippen LogP contribution in [0.25, 0.3) is 5.69 Å². The second-order valence-corrected chi connectivity index (χ2v) is 6.25. The minimum atomic E-state index is -0.468. The van der Waals surface area contributed by atoms with Crippen LogP contribution < -0.4 is 11.1 Å². The van der Waals surface area contributed by atoms with Gasteiger partial charge in [-0.3, -0.25) is 14.9 Å². The van der Waals surface area contributed by atoms with Crippen LogP contribution in [0.3, 0.4) is 0 Å². The quantitative estimate of drug-likeness (QED) is 0.611. The first-order valence-corrected chi connectivity index (χ1v) is 8.40. The third-order valence-electron chi connectivity index (χ3n) is 4.68. The first-order valence-electron chi connectivity index (χ1n) is 8.40. The molecule has 1 aliphatic carbocycles. The number of carbonyl (C=O) groups is 1. The number of benzene rings is 1. The topological polar surface area (TPSA) is 116 Å². The average molecular weight is 380 g/mol. The highest BCUT2D eigenvalue weighted by Crippen LogP contribution is 2.24. The molecule has 2 aromatic rings. The Kier molecular flexibility index (Phi) is 6.70. The van der Waals surface area contributed by atoms with E-state index in [1.807, 2.05) is 0 Å². The van der Waals surface area contributed by atoms with Crippen molar-refractivity contribution in [2.24, 2.45) is 11.7 Å². The van der Waals surface area contributed by atoms with Crippen molar-refractivity contribution in [1.29, 1.82) is 0 Å². The molecule has 0 radical (unpaired) electrons. The molecule has 1 aromatic carbocycles. The van der Waals surface area contributed by atoms with Crippen LogP contribution in [0, 0.1) is 16.0 Å². The van der Waals surface area contributed by atoms with Gasteiger partial charge in [-0.05, 0) is 37.4 Å². The average Bonchev–Trinajstić information content (AvgIpc) is 3.12. The Bertz CT molecular complexity index is 779. The van der Waals surface area contributed by atoms with E-state index in [1.165, 1.54) is 10.7 Å². The number of nitrogens with one attached hydrogen (secondary N) is 1. The predicted molar refractivity (Wildman–Crippen MR) is 99.7 cm³/mol. The van der Waals surface area contributed by atoms with E-state index in [1.54, 1.807) is 30.5 Å². The number of nitro groups is 1. The fourth-order valence-corrected chi connectivity index (χ4v) is 3.31. The molecule has 8 nitrogen and oxygen atoms in total. The van der Waals surface area contributed by atoms with Crippen LogP contribution in [0.4, 0.5) is 5.69 Å². The van der Waals surface area contributed by atoms with Gasteiger partial charge in [-0.2, -0.15) is 5.10 Å². The zero-order chi connectivity index (χ0) is 17.8. The minimum absolute atomic E-state index is 0. The number of amides is 1. The van der Waals surface area contributed by atoms with Crippen molar-refractivity contribution in [2.45, 2.75) is 31.7 Å². The van der Waals surface area contributed by atoms with Gasteiger partial charge in [0, 0.05) is 18.3 Å². The molecule has 1 saturated carbocycles. The van der Waals surface area contributed by atoms with Crippen molar-refractivity contribution in [3.63, 3.8) is 0 Å². The molecule has 2 atom stereocenters. The summed E-state index contributed by atoms with van der Waals surface area (Å²) in [5.41, 5.74) is 6.30. The van der Waals surface area contributed by atoms with Gasteiger partial charge in [0.05, 0.1) is 4.92 Å². The van der Waals surface area contributed by atoms with Gasteiger partial charge in [-0.25, -0.2) is 4.68 Å². The van der Waals surface area contributed by atoms with E-state index < -0.39 is 4.92 Å². The lowest BCUT2D eigenvalue weighted by molar-refractivity contribution is -0.384. The van der Waals surface area contributed by atoms with Gasteiger partial charge in [-0.15, -0.1) is 12.4 Å². The van der Waals surface area contributed by atoms with Crippen molar-refractivity contribution < 1.29 is 9.72 Å². The molecule has 9 heteroatoms. The first-order chi connectivity index (χ1) is 12.1. The van der Waals surface area contributed by atoms with Crippen LogP contribution >= 0.6 is 12.4 Å². The number of rotatable bonds is 5. The standard InChI is InChI=1S/C17H21N5O3.ClH/c18-11-12-5-1-2-6-13(12)19-17(23)14-9-10-21(20-14)15-7-3-4-8-16(15)22(24)25;/h3-4,7-10,12-13H,1-2,5-6,11,18H2,(H,19,23);1H. The molecule has 1 amide bonds.